The standard InChI is InChI=1S/C12H19N3O2S/c1-8(4-5-18(3)17)15-12(16)11-6-10(13)7-14-9(11)2/h6-8H,4-5,13H2,1-3H3,(H,15,16). The number of carbonyl (C=O) groups is 1. The van der Waals surface area contributed by atoms with E-state index in [1.807, 2.05) is 6.92 Å². The summed E-state index contributed by atoms with van der Waals surface area (Å²) in [5.74, 6) is 0.386. The van der Waals surface area contributed by atoms with Crippen molar-refractivity contribution in [2.24, 2.45) is 0 Å². The van der Waals surface area contributed by atoms with Gasteiger partial charge in [-0.15, -0.1) is 0 Å². The summed E-state index contributed by atoms with van der Waals surface area (Å²) in [7, 11) is -0.837. The Hall–Kier alpha value is -1.43. The predicted molar refractivity (Wildman–Crippen MR) is 73.9 cm³/mol. The van der Waals surface area contributed by atoms with Crippen molar-refractivity contribution in [2.45, 2.75) is 26.3 Å². The number of nitrogens with one attached hydrogen (secondary N) is 1. The highest BCUT2D eigenvalue weighted by Gasteiger charge is 2.13. The summed E-state index contributed by atoms with van der Waals surface area (Å²) >= 11 is 0. The van der Waals surface area contributed by atoms with Crippen molar-refractivity contribution < 1.29 is 9.00 Å². The number of nitrogens with two attached hydrogens (primary N) is 1. The third-order valence-electron chi connectivity index (χ3n) is 2.57. The van der Waals surface area contributed by atoms with E-state index in [0.717, 1.165) is 0 Å². The molecule has 0 radical (unpaired) electrons. The topological polar surface area (TPSA) is 85.1 Å². The van der Waals surface area contributed by atoms with E-state index >= 15 is 0 Å². The Morgan fingerprint density at radius 1 is 1.61 bits per heavy atom. The molecule has 1 heterocycles. The smallest absolute Gasteiger partial charge is 0.253 e. The Morgan fingerprint density at radius 3 is 2.89 bits per heavy atom. The van der Waals surface area contributed by atoms with Crippen molar-refractivity contribution in [3.05, 3.63) is 23.5 Å². The number of rotatable bonds is 5. The maximum atomic E-state index is 12.0. The molecule has 1 rings (SSSR count). The number of anilines is 1. The first-order valence-electron chi connectivity index (χ1n) is 5.73. The first kappa shape index (κ1) is 14.6. The van der Waals surface area contributed by atoms with Crippen LogP contribution in [0.5, 0.6) is 0 Å². The number of amides is 1. The molecule has 100 valence electrons. The molecule has 2 unspecified atom stereocenters. The molecular weight excluding hydrogens is 250 g/mol. The zero-order valence-electron chi connectivity index (χ0n) is 10.9. The van der Waals surface area contributed by atoms with Gasteiger partial charge in [0.1, 0.15) is 0 Å². The number of aryl methyl sites for hydroxylation is 1. The van der Waals surface area contributed by atoms with Gasteiger partial charge in [0.2, 0.25) is 0 Å². The monoisotopic (exact) mass is 269 g/mol. The Morgan fingerprint density at radius 2 is 2.28 bits per heavy atom. The van der Waals surface area contributed by atoms with Crippen LogP contribution in [0.15, 0.2) is 12.3 Å². The molecule has 0 spiro atoms. The van der Waals surface area contributed by atoms with Crippen molar-refractivity contribution in [2.75, 3.05) is 17.7 Å². The fourth-order valence-electron chi connectivity index (χ4n) is 1.50. The molecule has 5 nitrogen and oxygen atoms in total. The van der Waals surface area contributed by atoms with Gasteiger partial charge in [0.05, 0.1) is 23.1 Å². The number of carbonyl (C=O) groups excluding carboxylic acids is 1. The first-order chi connectivity index (χ1) is 8.40. The van der Waals surface area contributed by atoms with Crippen LogP contribution in [0.1, 0.15) is 29.4 Å². The van der Waals surface area contributed by atoms with E-state index in [9.17, 15) is 9.00 Å². The first-order valence-corrected chi connectivity index (χ1v) is 7.46. The molecule has 0 fully saturated rings. The summed E-state index contributed by atoms with van der Waals surface area (Å²) in [5, 5.41) is 2.85. The van der Waals surface area contributed by atoms with Gasteiger partial charge in [0, 0.05) is 28.9 Å². The summed E-state index contributed by atoms with van der Waals surface area (Å²) in [6.45, 7) is 3.65. The van der Waals surface area contributed by atoms with Gasteiger partial charge in [-0.2, -0.15) is 0 Å². The van der Waals surface area contributed by atoms with Crippen molar-refractivity contribution in [1.29, 1.82) is 0 Å². The van der Waals surface area contributed by atoms with Crippen molar-refractivity contribution in [3.8, 4) is 0 Å². The van der Waals surface area contributed by atoms with Crippen molar-refractivity contribution >= 4 is 22.4 Å². The number of hydrogen-bond acceptors (Lipinski definition) is 4. The fourth-order valence-corrected chi connectivity index (χ4v) is 2.18. The van der Waals surface area contributed by atoms with Gasteiger partial charge in [-0.3, -0.25) is 14.0 Å². The van der Waals surface area contributed by atoms with Crippen LogP contribution in [-0.2, 0) is 10.8 Å². The van der Waals surface area contributed by atoms with Gasteiger partial charge in [-0.1, -0.05) is 0 Å². The molecule has 0 aliphatic heterocycles. The van der Waals surface area contributed by atoms with Crippen LogP contribution in [0.25, 0.3) is 0 Å². The van der Waals surface area contributed by atoms with Crippen molar-refractivity contribution in [3.63, 3.8) is 0 Å². The second-order valence-corrected chi connectivity index (χ2v) is 5.90. The SMILES string of the molecule is Cc1ncc(N)cc1C(=O)NC(C)CCS(C)=O. The highest BCUT2D eigenvalue weighted by molar-refractivity contribution is 7.84. The summed E-state index contributed by atoms with van der Waals surface area (Å²) in [6.07, 6.45) is 3.86. The van der Waals surface area contributed by atoms with Crippen LogP contribution in [0, 0.1) is 6.92 Å². The number of nitrogens with zero attached hydrogens (tertiary/aromatic N) is 1. The van der Waals surface area contributed by atoms with Crippen LogP contribution in [0.3, 0.4) is 0 Å². The Labute approximate surface area is 110 Å². The second-order valence-electron chi connectivity index (χ2n) is 4.34. The number of aromatic nitrogens is 1. The van der Waals surface area contributed by atoms with E-state index in [4.69, 9.17) is 5.73 Å². The molecule has 0 aliphatic carbocycles. The molecule has 0 saturated heterocycles. The highest BCUT2D eigenvalue weighted by Crippen LogP contribution is 2.09. The zero-order chi connectivity index (χ0) is 13.7. The lowest BCUT2D eigenvalue weighted by Gasteiger charge is -2.14. The quantitative estimate of drug-likeness (QED) is 0.830. The summed E-state index contributed by atoms with van der Waals surface area (Å²) in [4.78, 5) is 16.0. The van der Waals surface area contributed by atoms with Gasteiger partial charge < -0.3 is 11.1 Å². The minimum atomic E-state index is -0.837. The van der Waals surface area contributed by atoms with Crippen LogP contribution in [0.2, 0.25) is 0 Å². The molecule has 0 aromatic carbocycles. The fraction of sp³-hybridized carbons (Fsp3) is 0.500. The van der Waals surface area contributed by atoms with E-state index in [-0.39, 0.29) is 11.9 Å². The summed E-state index contributed by atoms with van der Waals surface area (Å²) in [5.41, 5.74) is 7.21. The third kappa shape index (κ3) is 4.44. The van der Waals surface area contributed by atoms with E-state index in [1.54, 1.807) is 19.2 Å². The molecule has 1 aromatic heterocycles. The highest BCUT2D eigenvalue weighted by atomic mass is 32.2. The maximum Gasteiger partial charge on any atom is 0.253 e. The molecule has 0 bridgehead atoms. The summed E-state index contributed by atoms with van der Waals surface area (Å²) < 4.78 is 11.0. The third-order valence-corrected chi connectivity index (χ3v) is 3.38. The number of hydrogen-bond donors (Lipinski definition) is 2. The lowest BCUT2D eigenvalue weighted by Crippen LogP contribution is -2.34. The van der Waals surface area contributed by atoms with Gasteiger partial charge in [0.25, 0.3) is 5.91 Å². The average molecular weight is 269 g/mol. The van der Waals surface area contributed by atoms with Crippen molar-refractivity contribution in [1.82, 2.24) is 10.3 Å². The molecule has 3 N–H and O–H groups in total. The van der Waals surface area contributed by atoms with E-state index in [1.165, 1.54) is 6.20 Å². The Bertz CT molecular complexity index is 463. The molecule has 0 aliphatic rings. The maximum absolute atomic E-state index is 12.0. The average Bonchev–Trinajstić information content (AvgIpc) is 2.29. The van der Waals surface area contributed by atoms with Crippen LogP contribution < -0.4 is 11.1 Å². The zero-order valence-corrected chi connectivity index (χ0v) is 11.7. The number of pyridine rings is 1. The molecule has 1 aromatic rings. The largest absolute Gasteiger partial charge is 0.397 e. The van der Waals surface area contributed by atoms with Gasteiger partial charge in [0.15, 0.2) is 0 Å². The molecule has 6 heteroatoms. The summed E-state index contributed by atoms with van der Waals surface area (Å²) in [6, 6.07) is 1.59. The van der Waals surface area contributed by atoms with Gasteiger partial charge in [-0.05, 0) is 26.3 Å². The van der Waals surface area contributed by atoms with Crippen LogP contribution >= 0.6 is 0 Å². The minimum absolute atomic E-state index is 0.0257. The second kappa shape index (κ2) is 6.49. The molecule has 0 saturated carbocycles. The normalized spacial score (nSPS) is 13.9. The van der Waals surface area contributed by atoms with Gasteiger partial charge in [-0.25, -0.2) is 0 Å². The van der Waals surface area contributed by atoms with Crippen LogP contribution in [-0.4, -0.2) is 33.2 Å². The minimum Gasteiger partial charge on any atom is -0.397 e. The molecule has 2 atom stereocenters. The molecule has 1 amide bonds. The Kier molecular flexibility index (Phi) is 5.27. The van der Waals surface area contributed by atoms with Crippen LogP contribution in [0.4, 0.5) is 5.69 Å². The van der Waals surface area contributed by atoms with E-state index in [2.05, 4.69) is 10.3 Å². The molecule has 18 heavy (non-hydrogen) atoms. The lowest BCUT2D eigenvalue weighted by molar-refractivity contribution is 0.0938. The van der Waals surface area contributed by atoms with E-state index in [0.29, 0.717) is 29.1 Å². The van der Waals surface area contributed by atoms with Gasteiger partial charge >= 0.3 is 0 Å². The molecular formula is C12H19N3O2S. The van der Waals surface area contributed by atoms with E-state index < -0.39 is 10.8 Å². The Balaban J connectivity index is 2.64. The number of nitrogen functional groups attached to an aromatic ring is 1. The predicted octanol–water partition coefficient (Wildman–Crippen LogP) is 0.859. The lowest BCUT2D eigenvalue weighted by atomic mass is 10.1.